The number of hydrogen-bond acceptors (Lipinski definition) is 10. The highest BCUT2D eigenvalue weighted by atomic mass is 32.2. The van der Waals surface area contributed by atoms with Crippen molar-refractivity contribution in [3.63, 3.8) is 0 Å². The number of nitrogens with one attached hydrogen (secondary N) is 1. The van der Waals surface area contributed by atoms with Gasteiger partial charge in [-0.1, -0.05) is 6.07 Å². The molecule has 2 saturated heterocycles. The molecule has 0 saturated carbocycles. The molecule has 3 aliphatic rings. The van der Waals surface area contributed by atoms with Gasteiger partial charge in [0.25, 0.3) is 0 Å². The Morgan fingerprint density at radius 2 is 1.98 bits per heavy atom. The smallest absolute Gasteiger partial charge is 0.352 e. The Kier molecular flexibility index (Phi) is 9.04. The lowest BCUT2D eigenvalue weighted by Crippen LogP contribution is -2.66. The second-order valence-electron chi connectivity index (χ2n) is 11.2. The first kappa shape index (κ1) is 31.6. The molecular weight excluding hydrogens is 638 g/mol. The lowest BCUT2D eigenvalue weighted by atomic mass is 10.0. The first-order chi connectivity index (χ1) is 22.2. The van der Waals surface area contributed by atoms with E-state index in [0.717, 1.165) is 17.4 Å². The van der Waals surface area contributed by atoms with Gasteiger partial charge in [0.2, 0.25) is 17.7 Å². The highest BCUT2D eigenvalue weighted by Gasteiger charge is 2.46. The van der Waals surface area contributed by atoms with Crippen molar-refractivity contribution < 1.29 is 33.4 Å². The summed E-state index contributed by atoms with van der Waals surface area (Å²) in [7, 11) is 0. The van der Waals surface area contributed by atoms with Gasteiger partial charge in [-0.15, -0.1) is 23.1 Å². The van der Waals surface area contributed by atoms with Crippen LogP contribution in [0.1, 0.15) is 22.2 Å². The number of carbonyl (C=O) groups is 4. The van der Waals surface area contributed by atoms with Crippen molar-refractivity contribution in [3.8, 4) is 0 Å². The van der Waals surface area contributed by atoms with Crippen LogP contribution in [-0.2, 0) is 32.1 Å². The summed E-state index contributed by atoms with van der Waals surface area (Å²) in [6.07, 6.45) is 2.41. The molecule has 12 nitrogen and oxygen atoms in total. The number of hydrogen-bond donors (Lipinski definition) is 2. The molecule has 1 unspecified atom stereocenters. The molecule has 3 aliphatic heterocycles. The van der Waals surface area contributed by atoms with Gasteiger partial charge in [0.1, 0.15) is 23.7 Å². The van der Waals surface area contributed by atoms with Gasteiger partial charge in [0.15, 0.2) is 0 Å². The summed E-state index contributed by atoms with van der Waals surface area (Å²) in [5, 5.41) is 14.7. The van der Waals surface area contributed by atoms with E-state index in [0.29, 0.717) is 56.0 Å². The number of carbonyl (C=O) groups excluding carboxylic acids is 3. The van der Waals surface area contributed by atoms with E-state index < -0.39 is 23.2 Å². The number of thiophene rings is 1. The molecule has 6 rings (SSSR count). The standard InChI is InChI=1S/C31H32FN5O7S2/c1-2-35-13-21(28(40)20-11-22(32)25(12-24(20)35)36-7-5-34(17-38)6-8-36)31(43)44-15-18-16-46-29-23(14-37(29)27(18)30(41)42)33-26(39)10-19-4-3-9-45-19/h3-4,9,11-13,17,23,29H,2,5-8,10,14-16H2,1H3,(H,33,39)(H,41,42)/t23?,29-/m1/s1. The molecule has 15 heteroatoms. The molecule has 0 aliphatic carbocycles. The van der Waals surface area contributed by atoms with Crippen LogP contribution in [0.25, 0.3) is 10.9 Å². The molecule has 2 aromatic heterocycles. The maximum absolute atomic E-state index is 15.3. The Hall–Kier alpha value is -4.37. The number of fused-ring (bicyclic) bond motifs is 2. The molecule has 5 heterocycles. The Morgan fingerprint density at radius 1 is 1.20 bits per heavy atom. The Balaban J connectivity index is 1.16. The predicted molar refractivity (Wildman–Crippen MR) is 172 cm³/mol. The second kappa shape index (κ2) is 13.2. The van der Waals surface area contributed by atoms with Gasteiger partial charge >= 0.3 is 11.9 Å². The minimum absolute atomic E-state index is 0.0216. The van der Waals surface area contributed by atoms with Crippen LogP contribution in [0.3, 0.4) is 0 Å². The summed E-state index contributed by atoms with van der Waals surface area (Å²) in [4.78, 5) is 68.5. The number of aliphatic carboxylic acids is 1. The van der Waals surface area contributed by atoms with Gasteiger partial charge in [0.05, 0.1) is 29.0 Å². The fraction of sp³-hybridized carbons (Fsp3) is 0.387. The lowest BCUT2D eigenvalue weighted by Gasteiger charge is -2.51. The Labute approximate surface area is 271 Å². The molecule has 0 radical (unpaired) electrons. The van der Waals surface area contributed by atoms with E-state index in [9.17, 15) is 29.1 Å². The normalized spacial score (nSPS) is 19.5. The van der Waals surface area contributed by atoms with Crippen molar-refractivity contribution in [1.29, 1.82) is 0 Å². The summed E-state index contributed by atoms with van der Waals surface area (Å²) < 4.78 is 22.5. The van der Waals surface area contributed by atoms with Crippen LogP contribution in [0.15, 0.2) is 51.9 Å². The number of amides is 2. The SMILES string of the molecule is CCn1cc(C(=O)OCC2=C(C(=O)O)N3CC(NC(=O)Cc4cccs4)[C@H]3SC2)c(=O)c2cc(F)c(N3CCN(C=O)CC3)cc21. The number of ether oxygens (including phenoxy) is 1. The van der Waals surface area contributed by atoms with E-state index in [2.05, 4.69) is 5.32 Å². The zero-order valence-corrected chi connectivity index (χ0v) is 26.6. The first-order valence-corrected chi connectivity index (χ1v) is 16.7. The summed E-state index contributed by atoms with van der Waals surface area (Å²) in [6.45, 7) is 3.97. The van der Waals surface area contributed by atoms with Crippen molar-refractivity contribution in [2.45, 2.75) is 31.3 Å². The number of halogens is 1. The average molecular weight is 670 g/mol. The summed E-state index contributed by atoms with van der Waals surface area (Å²) in [5.41, 5.74) is 0.207. The largest absolute Gasteiger partial charge is 0.477 e. The fourth-order valence-electron chi connectivity index (χ4n) is 6.04. The maximum Gasteiger partial charge on any atom is 0.352 e. The number of carboxylic acid groups (broad SMARTS) is 1. The third-order valence-electron chi connectivity index (χ3n) is 8.45. The van der Waals surface area contributed by atoms with Crippen molar-refractivity contribution in [3.05, 3.63) is 73.6 Å². The summed E-state index contributed by atoms with van der Waals surface area (Å²) >= 11 is 2.94. The number of aryl methyl sites for hydroxylation is 1. The summed E-state index contributed by atoms with van der Waals surface area (Å²) in [6, 6.07) is 6.26. The minimum Gasteiger partial charge on any atom is -0.477 e. The number of pyridine rings is 1. The lowest BCUT2D eigenvalue weighted by molar-refractivity contribution is -0.135. The van der Waals surface area contributed by atoms with Crippen molar-refractivity contribution in [2.75, 3.05) is 50.0 Å². The van der Waals surface area contributed by atoms with Gasteiger partial charge in [-0.25, -0.2) is 14.0 Å². The van der Waals surface area contributed by atoms with Crippen LogP contribution < -0.4 is 15.6 Å². The molecule has 2 N–H and O–H groups in total. The van der Waals surface area contributed by atoms with Crippen LogP contribution in [0.4, 0.5) is 10.1 Å². The van der Waals surface area contributed by atoms with E-state index in [4.69, 9.17) is 4.74 Å². The molecule has 46 heavy (non-hydrogen) atoms. The van der Waals surface area contributed by atoms with Gasteiger partial charge in [-0.2, -0.15) is 0 Å². The number of nitrogens with zero attached hydrogens (tertiary/aromatic N) is 4. The molecular formula is C31H32FN5O7S2. The van der Waals surface area contributed by atoms with Crippen molar-refractivity contribution in [1.82, 2.24) is 19.7 Å². The highest BCUT2D eigenvalue weighted by molar-refractivity contribution is 8.00. The average Bonchev–Trinajstić information content (AvgIpc) is 3.55. The zero-order chi connectivity index (χ0) is 32.5. The maximum atomic E-state index is 15.3. The monoisotopic (exact) mass is 669 g/mol. The third kappa shape index (κ3) is 6.08. The third-order valence-corrected chi connectivity index (χ3v) is 10.8. The topological polar surface area (TPSA) is 141 Å². The van der Waals surface area contributed by atoms with E-state index in [1.165, 1.54) is 29.3 Å². The number of esters is 1. The number of rotatable bonds is 10. The summed E-state index contributed by atoms with van der Waals surface area (Å²) in [5.74, 6) is -2.58. The van der Waals surface area contributed by atoms with Crippen LogP contribution in [0, 0.1) is 5.82 Å². The van der Waals surface area contributed by atoms with Gasteiger partial charge in [-0.05, 0) is 30.5 Å². The van der Waals surface area contributed by atoms with E-state index >= 15 is 4.39 Å². The number of thioether (sulfide) groups is 1. The highest BCUT2D eigenvalue weighted by Crippen LogP contribution is 2.39. The minimum atomic E-state index is -1.17. The quantitative estimate of drug-likeness (QED) is 0.244. The molecule has 0 bridgehead atoms. The fourth-order valence-corrected chi connectivity index (χ4v) is 8.10. The van der Waals surface area contributed by atoms with Crippen molar-refractivity contribution in [2.24, 2.45) is 0 Å². The van der Waals surface area contributed by atoms with Gasteiger partial charge < -0.3 is 34.4 Å². The number of anilines is 1. The number of piperazine rings is 1. The first-order valence-electron chi connectivity index (χ1n) is 14.8. The van der Waals surface area contributed by atoms with Crippen molar-refractivity contribution >= 4 is 63.9 Å². The number of carboxylic acids is 1. The van der Waals surface area contributed by atoms with Gasteiger partial charge in [-0.3, -0.25) is 14.4 Å². The second-order valence-corrected chi connectivity index (χ2v) is 13.4. The Bertz CT molecular complexity index is 1790. The molecule has 2 fully saturated rings. The van der Waals surface area contributed by atoms with Crippen LogP contribution >= 0.6 is 23.1 Å². The number of aromatic nitrogens is 1. The van der Waals surface area contributed by atoms with Gasteiger partial charge in [0, 0.05) is 67.1 Å². The molecule has 2 amide bonds. The predicted octanol–water partition coefficient (Wildman–Crippen LogP) is 2.11. The molecule has 0 spiro atoms. The van der Waals surface area contributed by atoms with E-state index in [1.54, 1.807) is 20.4 Å². The molecule has 242 valence electrons. The van der Waals surface area contributed by atoms with E-state index in [1.807, 2.05) is 29.3 Å². The molecule has 3 aromatic rings. The zero-order valence-electron chi connectivity index (χ0n) is 24.9. The molecule has 1 aromatic carbocycles. The van der Waals surface area contributed by atoms with Crippen LogP contribution in [0.2, 0.25) is 0 Å². The molecule has 2 atom stereocenters. The number of benzene rings is 1. The van der Waals surface area contributed by atoms with Crippen LogP contribution in [-0.4, -0.2) is 100 Å². The van der Waals surface area contributed by atoms with Crippen LogP contribution in [0.5, 0.6) is 0 Å². The van der Waals surface area contributed by atoms with E-state index in [-0.39, 0.29) is 52.8 Å². The Morgan fingerprint density at radius 3 is 2.65 bits per heavy atom.